The number of fused-ring (bicyclic) bond motifs is 1. The zero-order valence-corrected chi connectivity index (χ0v) is 10.0. The van der Waals surface area contributed by atoms with E-state index in [-0.39, 0.29) is 0 Å². The molecule has 2 aromatic rings. The summed E-state index contributed by atoms with van der Waals surface area (Å²) < 4.78 is 1.98. The van der Waals surface area contributed by atoms with Crippen LogP contribution < -0.4 is 0 Å². The van der Waals surface area contributed by atoms with Gasteiger partial charge in [-0.1, -0.05) is 37.0 Å². The van der Waals surface area contributed by atoms with Crippen molar-refractivity contribution in [3.63, 3.8) is 0 Å². The lowest BCUT2D eigenvalue weighted by atomic mass is 10.2. The molecule has 0 fully saturated rings. The molecule has 0 spiro atoms. The van der Waals surface area contributed by atoms with Crippen molar-refractivity contribution in [1.82, 2.24) is 4.57 Å². The van der Waals surface area contributed by atoms with Crippen LogP contribution in [0.15, 0.2) is 24.4 Å². The predicted octanol–water partition coefficient (Wildman–Crippen LogP) is 4.51. The van der Waals surface area contributed by atoms with Crippen molar-refractivity contribution in [2.24, 2.45) is 7.05 Å². The predicted molar refractivity (Wildman–Crippen MR) is 64.3 cm³/mol. The summed E-state index contributed by atoms with van der Waals surface area (Å²) in [4.78, 5) is 0. The van der Waals surface area contributed by atoms with Crippen LogP contribution in [-0.4, -0.2) is 4.57 Å². The average Bonchev–Trinajstić information content (AvgIpc) is 2.46. The van der Waals surface area contributed by atoms with Gasteiger partial charge in [0.2, 0.25) is 0 Å². The van der Waals surface area contributed by atoms with Gasteiger partial charge in [-0.3, -0.25) is 0 Å². The molecule has 1 heterocycles. The van der Waals surface area contributed by atoms with Crippen LogP contribution in [0.5, 0.6) is 0 Å². The number of aryl methyl sites for hydroxylation is 1. The van der Waals surface area contributed by atoms with Crippen LogP contribution in [0.25, 0.3) is 10.9 Å². The van der Waals surface area contributed by atoms with Crippen molar-refractivity contribution in [3.05, 3.63) is 34.4 Å². The van der Waals surface area contributed by atoms with Crippen LogP contribution in [-0.2, 0) is 7.05 Å². The molecule has 1 aromatic heterocycles. The Bertz CT molecular complexity index is 432. The smallest absolute Gasteiger partial charge is 0.0661 e. The minimum atomic E-state index is 0.718. The quantitative estimate of drug-likeness (QED) is 0.627. The van der Waals surface area contributed by atoms with E-state index in [2.05, 4.69) is 0 Å². The first-order chi connectivity index (χ1) is 6.68. The van der Waals surface area contributed by atoms with Gasteiger partial charge in [0.05, 0.1) is 5.02 Å². The second-order valence-electron chi connectivity index (χ2n) is 2.75. The number of hydrogen-bond acceptors (Lipinski definition) is 0. The molecule has 0 aliphatic carbocycles. The topological polar surface area (TPSA) is 4.93 Å². The van der Waals surface area contributed by atoms with Crippen LogP contribution in [0, 0.1) is 0 Å². The molecule has 0 bridgehead atoms. The van der Waals surface area contributed by atoms with E-state index >= 15 is 0 Å². The maximum Gasteiger partial charge on any atom is 0.0661 e. The van der Waals surface area contributed by atoms with Gasteiger partial charge in [0.25, 0.3) is 0 Å². The Morgan fingerprint density at radius 3 is 2.43 bits per heavy atom. The molecular formula is C11H13Cl2N. The standard InChI is InChI=1S/C9H7Cl2N.C2H6/c1-12-5-8(11)7-4-6(10)2-3-9(7)12;1-2/h2-5H,1H3;1-2H3. The normalized spacial score (nSPS) is 9.79. The average molecular weight is 230 g/mol. The molecule has 1 nitrogen and oxygen atoms in total. The summed E-state index contributed by atoms with van der Waals surface area (Å²) in [5, 5.41) is 2.47. The van der Waals surface area contributed by atoms with Gasteiger partial charge >= 0.3 is 0 Å². The summed E-state index contributed by atoms with van der Waals surface area (Å²) in [6, 6.07) is 5.70. The van der Waals surface area contributed by atoms with Crippen LogP contribution in [0.2, 0.25) is 10.0 Å². The van der Waals surface area contributed by atoms with E-state index in [0.29, 0.717) is 0 Å². The van der Waals surface area contributed by atoms with E-state index in [0.717, 1.165) is 20.9 Å². The van der Waals surface area contributed by atoms with E-state index in [9.17, 15) is 0 Å². The van der Waals surface area contributed by atoms with Gasteiger partial charge < -0.3 is 4.57 Å². The number of benzene rings is 1. The van der Waals surface area contributed by atoms with E-state index in [1.54, 1.807) is 0 Å². The Kier molecular flexibility index (Phi) is 3.85. The maximum absolute atomic E-state index is 5.97. The first-order valence-corrected chi connectivity index (χ1v) is 5.34. The van der Waals surface area contributed by atoms with Gasteiger partial charge in [0, 0.05) is 29.2 Å². The Hall–Kier alpha value is -0.660. The summed E-state index contributed by atoms with van der Waals surface area (Å²) >= 11 is 11.8. The fourth-order valence-corrected chi connectivity index (χ4v) is 1.79. The molecule has 0 atom stereocenters. The summed E-state index contributed by atoms with van der Waals surface area (Å²) in [5.74, 6) is 0. The molecule has 1 aromatic carbocycles. The molecule has 0 N–H and O–H groups in total. The van der Waals surface area contributed by atoms with Gasteiger partial charge in [-0.15, -0.1) is 0 Å². The first kappa shape index (κ1) is 11.4. The molecule has 0 saturated carbocycles. The third-order valence-corrected chi connectivity index (χ3v) is 2.44. The molecule has 2 rings (SSSR count). The van der Waals surface area contributed by atoms with E-state index in [4.69, 9.17) is 23.2 Å². The van der Waals surface area contributed by atoms with E-state index in [1.807, 2.05) is 49.9 Å². The highest BCUT2D eigenvalue weighted by Gasteiger charge is 2.03. The van der Waals surface area contributed by atoms with Crippen molar-refractivity contribution in [3.8, 4) is 0 Å². The van der Waals surface area contributed by atoms with E-state index in [1.165, 1.54) is 0 Å². The fourth-order valence-electron chi connectivity index (χ4n) is 1.32. The minimum absolute atomic E-state index is 0.718. The van der Waals surface area contributed by atoms with Gasteiger partial charge in [-0.2, -0.15) is 0 Å². The van der Waals surface area contributed by atoms with Gasteiger partial charge in [-0.25, -0.2) is 0 Å². The molecular weight excluding hydrogens is 217 g/mol. The largest absolute Gasteiger partial charge is 0.349 e. The number of halogens is 2. The van der Waals surface area contributed by atoms with Crippen molar-refractivity contribution >= 4 is 34.1 Å². The lowest BCUT2D eigenvalue weighted by molar-refractivity contribution is 0.969. The Morgan fingerprint density at radius 1 is 1.14 bits per heavy atom. The Morgan fingerprint density at radius 2 is 1.79 bits per heavy atom. The number of rotatable bonds is 0. The molecule has 0 radical (unpaired) electrons. The van der Waals surface area contributed by atoms with Crippen molar-refractivity contribution in [2.45, 2.75) is 13.8 Å². The fraction of sp³-hybridized carbons (Fsp3) is 0.273. The SMILES string of the molecule is CC.Cn1cc(Cl)c2cc(Cl)ccc21. The Labute approximate surface area is 94.2 Å². The lowest BCUT2D eigenvalue weighted by Crippen LogP contribution is -1.81. The molecule has 0 saturated heterocycles. The first-order valence-electron chi connectivity index (χ1n) is 4.58. The monoisotopic (exact) mass is 229 g/mol. The number of nitrogens with zero attached hydrogens (tertiary/aromatic N) is 1. The number of aromatic nitrogens is 1. The highest BCUT2D eigenvalue weighted by molar-refractivity contribution is 6.37. The molecule has 0 unspecified atom stereocenters. The second kappa shape index (κ2) is 4.72. The summed E-state index contributed by atoms with van der Waals surface area (Å²) in [5.41, 5.74) is 1.10. The number of hydrogen-bond donors (Lipinski definition) is 0. The Balaban J connectivity index is 0.000000461. The van der Waals surface area contributed by atoms with Crippen molar-refractivity contribution in [2.75, 3.05) is 0 Å². The molecule has 0 aliphatic heterocycles. The lowest BCUT2D eigenvalue weighted by Gasteiger charge is -1.94. The second-order valence-corrected chi connectivity index (χ2v) is 3.59. The van der Waals surface area contributed by atoms with Gasteiger partial charge in [0.1, 0.15) is 0 Å². The highest BCUT2D eigenvalue weighted by Crippen LogP contribution is 2.27. The van der Waals surface area contributed by atoms with Gasteiger partial charge in [-0.05, 0) is 18.2 Å². The maximum atomic E-state index is 5.97. The van der Waals surface area contributed by atoms with E-state index < -0.39 is 0 Å². The minimum Gasteiger partial charge on any atom is -0.349 e. The molecule has 0 aliphatic rings. The zero-order valence-electron chi connectivity index (χ0n) is 8.51. The zero-order chi connectivity index (χ0) is 10.7. The molecule has 0 amide bonds. The highest BCUT2D eigenvalue weighted by atomic mass is 35.5. The third kappa shape index (κ3) is 2.05. The van der Waals surface area contributed by atoms with Gasteiger partial charge in [0.15, 0.2) is 0 Å². The van der Waals surface area contributed by atoms with Crippen molar-refractivity contribution < 1.29 is 0 Å². The van der Waals surface area contributed by atoms with Crippen LogP contribution in [0.3, 0.4) is 0 Å². The van der Waals surface area contributed by atoms with Crippen LogP contribution in [0.4, 0.5) is 0 Å². The molecule has 14 heavy (non-hydrogen) atoms. The summed E-state index contributed by atoms with van der Waals surface area (Å²) in [6.45, 7) is 4.00. The summed E-state index contributed by atoms with van der Waals surface area (Å²) in [6.07, 6.45) is 1.88. The third-order valence-electron chi connectivity index (χ3n) is 1.90. The van der Waals surface area contributed by atoms with Crippen molar-refractivity contribution in [1.29, 1.82) is 0 Å². The van der Waals surface area contributed by atoms with Crippen LogP contribution >= 0.6 is 23.2 Å². The molecule has 3 heteroatoms. The molecule has 76 valence electrons. The summed E-state index contributed by atoms with van der Waals surface area (Å²) in [7, 11) is 1.96. The van der Waals surface area contributed by atoms with Crippen LogP contribution in [0.1, 0.15) is 13.8 Å².